The first-order valence-electron chi connectivity index (χ1n) is 10.2. The minimum Gasteiger partial charge on any atom is -0.478 e. The molecule has 0 saturated heterocycles. The maximum absolute atomic E-state index is 13.0. The zero-order valence-corrected chi connectivity index (χ0v) is 18.2. The van der Waals surface area contributed by atoms with Crippen LogP contribution in [0, 0.1) is 11.3 Å². The number of ether oxygens (including phenoxy) is 1. The lowest BCUT2D eigenvalue weighted by atomic mass is 10.1. The molecule has 4 aromatic rings. The van der Waals surface area contributed by atoms with E-state index in [0.29, 0.717) is 16.6 Å². The van der Waals surface area contributed by atoms with Gasteiger partial charge in [0.05, 0.1) is 28.3 Å². The van der Waals surface area contributed by atoms with Crippen LogP contribution in [-0.4, -0.2) is 26.7 Å². The Morgan fingerprint density at radius 3 is 2.28 bits per heavy atom. The molecule has 0 aliphatic rings. The van der Waals surface area contributed by atoms with Gasteiger partial charge in [-0.3, -0.25) is 4.79 Å². The number of benzene rings is 3. The number of nitrogens with zero attached hydrogens (tertiary/aromatic N) is 2. The van der Waals surface area contributed by atoms with Crippen molar-refractivity contribution in [3.63, 3.8) is 0 Å². The van der Waals surface area contributed by atoms with Crippen molar-refractivity contribution in [1.29, 1.82) is 5.26 Å². The van der Waals surface area contributed by atoms with Crippen LogP contribution >= 0.6 is 0 Å². The molecule has 4 N–H and O–H groups in total. The minimum absolute atomic E-state index is 0.0162. The number of nitriles is 1. The second kappa shape index (κ2) is 9.09. The molecule has 1 unspecified atom stereocenters. The highest BCUT2D eigenvalue weighted by molar-refractivity contribution is 5.97. The van der Waals surface area contributed by atoms with E-state index in [0.717, 1.165) is 18.2 Å². The third-order valence-corrected chi connectivity index (χ3v) is 5.41. The maximum atomic E-state index is 13.0. The van der Waals surface area contributed by atoms with E-state index < -0.39 is 35.3 Å². The molecule has 0 bridgehead atoms. The van der Waals surface area contributed by atoms with E-state index in [1.54, 1.807) is 16.7 Å². The zero-order valence-electron chi connectivity index (χ0n) is 18.2. The Hall–Kier alpha value is -4.82. The number of carbonyl (C=O) groups is 2. The number of hydrogen-bond acceptors (Lipinski definition) is 5. The minimum atomic E-state index is -4.67. The molecule has 1 heterocycles. The van der Waals surface area contributed by atoms with E-state index in [9.17, 15) is 33.0 Å². The van der Waals surface area contributed by atoms with Gasteiger partial charge in [0.1, 0.15) is 11.5 Å². The van der Waals surface area contributed by atoms with Crippen molar-refractivity contribution < 1.29 is 37.7 Å². The fourth-order valence-corrected chi connectivity index (χ4v) is 3.71. The van der Waals surface area contributed by atoms with Gasteiger partial charge in [0.25, 0.3) is 5.91 Å². The summed E-state index contributed by atoms with van der Waals surface area (Å²) in [6, 6.07) is 14.7. The Kier molecular flexibility index (Phi) is 6.14. The molecule has 0 fully saturated rings. The van der Waals surface area contributed by atoms with Crippen LogP contribution < -0.4 is 10.5 Å². The standard InChI is InChI=1S/C25H16F3N3O5/c26-25(27,28)20-8-6-17(9-14(20)11-29)36-16-4-2-15(3-5-16)31-12-19(22(32)23(30)33)18-7-1-13(24(34)35)10-21(18)31/h1-10,12,22,32H,(H2,30,33)(H,34,35). The molecule has 0 saturated carbocycles. The van der Waals surface area contributed by atoms with E-state index >= 15 is 0 Å². The van der Waals surface area contributed by atoms with Gasteiger partial charge >= 0.3 is 12.1 Å². The molecule has 3 aromatic carbocycles. The van der Waals surface area contributed by atoms with Crippen LogP contribution in [0.2, 0.25) is 0 Å². The van der Waals surface area contributed by atoms with Crippen LogP contribution in [0.4, 0.5) is 13.2 Å². The van der Waals surface area contributed by atoms with Gasteiger partial charge in [-0.25, -0.2) is 4.79 Å². The number of carboxylic acids is 1. The van der Waals surface area contributed by atoms with Crippen LogP contribution in [-0.2, 0) is 11.0 Å². The van der Waals surface area contributed by atoms with E-state index in [-0.39, 0.29) is 22.6 Å². The molecule has 36 heavy (non-hydrogen) atoms. The topological polar surface area (TPSA) is 139 Å². The molecule has 4 rings (SSSR count). The van der Waals surface area contributed by atoms with Gasteiger partial charge in [-0.1, -0.05) is 6.07 Å². The number of rotatable bonds is 6. The second-order valence-corrected chi connectivity index (χ2v) is 7.71. The van der Waals surface area contributed by atoms with Gasteiger partial charge in [-0.15, -0.1) is 0 Å². The fraction of sp³-hybridized carbons (Fsp3) is 0.0800. The number of aromatic nitrogens is 1. The molecule has 0 radical (unpaired) electrons. The fourth-order valence-electron chi connectivity index (χ4n) is 3.71. The Morgan fingerprint density at radius 1 is 1.03 bits per heavy atom. The van der Waals surface area contributed by atoms with Crippen molar-refractivity contribution in [2.24, 2.45) is 5.73 Å². The van der Waals surface area contributed by atoms with Gasteiger partial charge in [0.2, 0.25) is 0 Å². The summed E-state index contributed by atoms with van der Waals surface area (Å²) in [4.78, 5) is 23.0. The van der Waals surface area contributed by atoms with E-state index in [1.807, 2.05) is 0 Å². The number of halogens is 3. The number of aliphatic hydroxyl groups is 1. The molecule has 11 heteroatoms. The summed E-state index contributed by atoms with van der Waals surface area (Å²) in [7, 11) is 0. The van der Waals surface area contributed by atoms with Crippen LogP contribution in [0.15, 0.2) is 66.9 Å². The van der Waals surface area contributed by atoms with E-state index in [1.165, 1.54) is 42.6 Å². The first-order chi connectivity index (χ1) is 17.0. The normalized spacial score (nSPS) is 12.2. The number of aromatic carboxylic acids is 1. The molecular formula is C25H16F3N3O5. The van der Waals surface area contributed by atoms with Crippen LogP contribution in [0.3, 0.4) is 0 Å². The monoisotopic (exact) mass is 495 g/mol. The molecular weight excluding hydrogens is 479 g/mol. The van der Waals surface area contributed by atoms with Gasteiger partial charge in [-0.2, -0.15) is 18.4 Å². The summed E-state index contributed by atoms with van der Waals surface area (Å²) in [6.45, 7) is 0. The zero-order chi connectivity index (χ0) is 26.2. The summed E-state index contributed by atoms with van der Waals surface area (Å²) in [5, 5.41) is 29.1. The predicted molar refractivity (Wildman–Crippen MR) is 121 cm³/mol. The second-order valence-electron chi connectivity index (χ2n) is 7.71. The van der Waals surface area contributed by atoms with Crippen molar-refractivity contribution in [3.8, 4) is 23.3 Å². The number of carboxylic acid groups (broad SMARTS) is 1. The number of carbonyl (C=O) groups excluding carboxylic acids is 1. The summed E-state index contributed by atoms with van der Waals surface area (Å²) in [5.74, 6) is -1.87. The van der Waals surface area contributed by atoms with Crippen molar-refractivity contribution >= 4 is 22.8 Å². The Balaban J connectivity index is 1.70. The summed E-state index contributed by atoms with van der Waals surface area (Å²) in [6.07, 6.45) is -4.84. The SMILES string of the molecule is N#Cc1cc(Oc2ccc(-n3cc(C(O)C(N)=O)c4ccc(C(=O)O)cc43)cc2)ccc1C(F)(F)F. The molecule has 1 atom stereocenters. The first-order valence-corrected chi connectivity index (χ1v) is 10.2. The molecule has 8 nitrogen and oxygen atoms in total. The Bertz CT molecular complexity index is 1540. The third-order valence-electron chi connectivity index (χ3n) is 5.41. The highest BCUT2D eigenvalue weighted by Crippen LogP contribution is 2.35. The predicted octanol–water partition coefficient (Wildman–Crippen LogP) is 4.53. The lowest BCUT2D eigenvalue weighted by Gasteiger charge is -2.12. The summed E-state index contributed by atoms with van der Waals surface area (Å²) in [5.41, 5.74) is 4.65. The summed E-state index contributed by atoms with van der Waals surface area (Å²) >= 11 is 0. The molecule has 0 aliphatic heterocycles. The average Bonchev–Trinajstić information content (AvgIpc) is 3.22. The number of fused-ring (bicyclic) bond motifs is 1. The number of aliphatic hydroxyl groups excluding tert-OH is 1. The number of primary amides is 1. The Morgan fingerprint density at radius 2 is 1.69 bits per heavy atom. The molecule has 1 aromatic heterocycles. The van der Waals surface area contributed by atoms with Crippen molar-refractivity contribution in [2.45, 2.75) is 12.3 Å². The van der Waals surface area contributed by atoms with E-state index in [4.69, 9.17) is 15.7 Å². The van der Waals surface area contributed by atoms with Crippen LogP contribution in [0.25, 0.3) is 16.6 Å². The highest BCUT2D eigenvalue weighted by atomic mass is 19.4. The number of alkyl halides is 3. The van der Waals surface area contributed by atoms with Crippen LogP contribution in [0.5, 0.6) is 11.5 Å². The lowest BCUT2D eigenvalue weighted by molar-refractivity contribution is -0.137. The smallest absolute Gasteiger partial charge is 0.417 e. The van der Waals surface area contributed by atoms with Crippen molar-refractivity contribution in [1.82, 2.24) is 4.57 Å². The molecule has 0 spiro atoms. The van der Waals surface area contributed by atoms with Gasteiger partial charge in [0, 0.05) is 22.8 Å². The molecule has 182 valence electrons. The van der Waals surface area contributed by atoms with Gasteiger partial charge < -0.3 is 25.3 Å². The average molecular weight is 495 g/mol. The molecule has 1 amide bonds. The molecule has 0 aliphatic carbocycles. The van der Waals surface area contributed by atoms with Crippen LogP contribution in [0.1, 0.15) is 33.2 Å². The largest absolute Gasteiger partial charge is 0.478 e. The van der Waals surface area contributed by atoms with E-state index in [2.05, 4.69) is 0 Å². The highest BCUT2D eigenvalue weighted by Gasteiger charge is 2.33. The van der Waals surface area contributed by atoms with Crippen molar-refractivity contribution in [3.05, 3.63) is 89.1 Å². The number of amides is 1. The number of nitrogens with two attached hydrogens (primary N) is 1. The van der Waals surface area contributed by atoms with Crippen molar-refractivity contribution in [2.75, 3.05) is 0 Å². The Labute approximate surface area is 201 Å². The number of hydrogen-bond donors (Lipinski definition) is 3. The quantitative estimate of drug-likeness (QED) is 0.359. The third kappa shape index (κ3) is 4.57. The maximum Gasteiger partial charge on any atom is 0.417 e. The van der Waals surface area contributed by atoms with Gasteiger partial charge in [0.15, 0.2) is 6.10 Å². The lowest BCUT2D eigenvalue weighted by Crippen LogP contribution is -2.20. The van der Waals surface area contributed by atoms with Gasteiger partial charge in [-0.05, 0) is 54.6 Å². The summed E-state index contributed by atoms with van der Waals surface area (Å²) < 4.78 is 46.2. The first kappa shape index (κ1) is 24.3.